The average Bonchev–Trinajstić information content (AvgIpc) is 2.13. The lowest BCUT2D eigenvalue weighted by atomic mass is 10.1. The second-order valence-corrected chi connectivity index (χ2v) is 2.61. The van der Waals surface area contributed by atoms with Gasteiger partial charge in [0.2, 0.25) is 0 Å². The largest absolute Gasteiger partial charge is 0.329 e. The molecule has 0 bridgehead atoms. The van der Waals surface area contributed by atoms with Crippen molar-refractivity contribution in [3.63, 3.8) is 0 Å². The number of hydrogen-bond acceptors (Lipinski definition) is 2. The van der Waals surface area contributed by atoms with Crippen LogP contribution in [0, 0.1) is 17.5 Å². The van der Waals surface area contributed by atoms with E-state index in [0.717, 1.165) is 12.1 Å². The monoisotopic (exact) mass is 190 g/mol. The highest BCUT2D eigenvalue weighted by molar-refractivity contribution is 5.23. The number of benzene rings is 1. The van der Waals surface area contributed by atoms with Gasteiger partial charge in [-0.15, -0.1) is 0 Å². The lowest BCUT2D eigenvalue weighted by molar-refractivity contribution is 0.436. The minimum Gasteiger partial charge on any atom is -0.329 e. The van der Waals surface area contributed by atoms with Crippen molar-refractivity contribution in [1.29, 1.82) is 0 Å². The molecule has 0 saturated carbocycles. The normalized spacial score (nSPS) is 13.0. The molecule has 0 heterocycles. The zero-order chi connectivity index (χ0) is 10.0. The third-order valence-corrected chi connectivity index (χ3v) is 1.72. The van der Waals surface area contributed by atoms with Gasteiger partial charge in [-0.05, 0) is 6.07 Å². The van der Waals surface area contributed by atoms with Crippen molar-refractivity contribution in [3.05, 3.63) is 35.1 Å². The molecule has 1 rings (SSSR count). The molecule has 0 aliphatic heterocycles. The first-order valence-electron chi connectivity index (χ1n) is 3.67. The molecule has 0 spiro atoms. The molecule has 1 atom stereocenters. The SMILES string of the molecule is NC[C@H](N)c1ccc(F)c(F)c1F. The maximum absolute atomic E-state index is 12.9. The summed E-state index contributed by atoms with van der Waals surface area (Å²) in [5.41, 5.74) is 10.4. The minimum atomic E-state index is -1.51. The summed E-state index contributed by atoms with van der Waals surface area (Å²) in [6.07, 6.45) is 0. The van der Waals surface area contributed by atoms with Gasteiger partial charge in [-0.3, -0.25) is 0 Å². The summed E-state index contributed by atoms with van der Waals surface area (Å²) in [6.45, 7) is -0.0258. The van der Waals surface area contributed by atoms with Crippen LogP contribution in [0.3, 0.4) is 0 Å². The van der Waals surface area contributed by atoms with Crippen LogP contribution in [0.2, 0.25) is 0 Å². The van der Waals surface area contributed by atoms with Crippen LogP contribution in [-0.4, -0.2) is 6.54 Å². The summed E-state index contributed by atoms with van der Waals surface area (Å²) < 4.78 is 38.0. The van der Waals surface area contributed by atoms with Crippen molar-refractivity contribution < 1.29 is 13.2 Å². The molecule has 13 heavy (non-hydrogen) atoms. The Kier molecular flexibility index (Phi) is 2.90. The van der Waals surface area contributed by atoms with Gasteiger partial charge in [0.25, 0.3) is 0 Å². The predicted molar refractivity (Wildman–Crippen MR) is 42.3 cm³/mol. The van der Waals surface area contributed by atoms with Gasteiger partial charge in [0, 0.05) is 18.2 Å². The highest BCUT2D eigenvalue weighted by Gasteiger charge is 2.16. The van der Waals surface area contributed by atoms with Gasteiger partial charge in [-0.1, -0.05) is 6.07 Å². The predicted octanol–water partition coefficient (Wildman–Crippen LogP) is 1.06. The van der Waals surface area contributed by atoms with Gasteiger partial charge < -0.3 is 11.5 Å². The molecule has 0 aliphatic carbocycles. The molecule has 0 fully saturated rings. The van der Waals surface area contributed by atoms with Crippen molar-refractivity contribution in [3.8, 4) is 0 Å². The first-order valence-corrected chi connectivity index (χ1v) is 3.67. The van der Waals surface area contributed by atoms with E-state index in [-0.39, 0.29) is 12.1 Å². The fraction of sp³-hybridized carbons (Fsp3) is 0.250. The van der Waals surface area contributed by atoms with E-state index < -0.39 is 23.5 Å². The Morgan fingerprint density at radius 2 is 1.77 bits per heavy atom. The number of hydrogen-bond donors (Lipinski definition) is 2. The second kappa shape index (κ2) is 3.76. The molecule has 0 saturated heterocycles. The number of nitrogens with two attached hydrogens (primary N) is 2. The fourth-order valence-corrected chi connectivity index (χ4v) is 0.954. The van der Waals surface area contributed by atoms with Crippen LogP contribution in [0.15, 0.2) is 12.1 Å². The standard InChI is InChI=1S/C8H9F3N2/c9-5-2-1-4(6(13)3-12)7(10)8(5)11/h1-2,6H,3,12-13H2/t6-/m0/s1. The molecular formula is C8H9F3N2. The van der Waals surface area contributed by atoms with Gasteiger partial charge in [0.1, 0.15) is 0 Å². The van der Waals surface area contributed by atoms with Crippen molar-refractivity contribution >= 4 is 0 Å². The number of halogens is 3. The van der Waals surface area contributed by atoms with Gasteiger partial charge in [-0.2, -0.15) is 0 Å². The molecule has 0 amide bonds. The van der Waals surface area contributed by atoms with E-state index >= 15 is 0 Å². The van der Waals surface area contributed by atoms with Crippen LogP contribution in [-0.2, 0) is 0 Å². The Bertz CT molecular complexity index is 315. The first kappa shape index (κ1) is 10.0. The van der Waals surface area contributed by atoms with Gasteiger partial charge >= 0.3 is 0 Å². The van der Waals surface area contributed by atoms with Crippen molar-refractivity contribution in [1.82, 2.24) is 0 Å². The smallest absolute Gasteiger partial charge is 0.194 e. The summed E-state index contributed by atoms with van der Waals surface area (Å²) in [6, 6.07) is 1.10. The molecule has 2 nitrogen and oxygen atoms in total. The highest BCUT2D eigenvalue weighted by Crippen LogP contribution is 2.19. The lowest BCUT2D eigenvalue weighted by Gasteiger charge is -2.10. The molecule has 0 aliphatic rings. The minimum absolute atomic E-state index is 0.0258. The molecular weight excluding hydrogens is 181 g/mol. The van der Waals surface area contributed by atoms with E-state index in [1.165, 1.54) is 0 Å². The van der Waals surface area contributed by atoms with Gasteiger partial charge in [0.05, 0.1) is 0 Å². The highest BCUT2D eigenvalue weighted by atomic mass is 19.2. The van der Waals surface area contributed by atoms with Crippen molar-refractivity contribution in [2.45, 2.75) is 6.04 Å². The fourth-order valence-electron chi connectivity index (χ4n) is 0.954. The zero-order valence-electron chi connectivity index (χ0n) is 6.73. The van der Waals surface area contributed by atoms with Crippen LogP contribution < -0.4 is 11.5 Å². The quantitative estimate of drug-likeness (QED) is 0.685. The Morgan fingerprint density at radius 3 is 2.31 bits per heavy atom. The molecule has 0 aromatic heterocycles. The van der Waals surface area contributed by atoms with E-state index in [2.05, 4.69) is 0 Å². The topological polar surface area (TPSA) is 52.0 Å². The Hall–Kier alpha value is -1.07. The van der Waals surface area contributed by atoms with E-state index in [9.17, 15) is 13.2 Å². The van der Waals surface area contributed by atoms with Crippen LogP contribution in [0.5, 0.6) is 0 Å². The van der Waals surface area contributed by atoms with Crippen LogP contribution in [0.1, 0.15) is 11.6 Å². The van der Waals surface area contributed by atoms with Gasteiger partial charge in [-0.25, -0.2) is 13.2 Å². The summed E-state index contributed by atoms with van der Waals surface area (Å²) in [4.78, 5) is 0. The summed E-state index contributed by atoms with van der Waals surface area (Å²) in [5, 5.41) is 0. The Balaban J connectivity index is 3.18. The molecule has 72 valence electrons. The summed E-state index contributed by atoms with van der Waals surface area (Å²) >= 11 is 0. The third kappa shape index (κ3) is 1.81. The van der Waals surface area contributed by atoms with Crippen molar-refractivity contribution in [2.24, 2.45) is 11.5 Å². The van der Waals surface area contributed by atoms with Crippen LogP contribution in [0.4, 0.5) is 13.2 Å². The molecule has 1 aromatic rings. The number of rotatable bonds is 2. The second-order valence-electron chi connectivity index (χ2n) is 2.61. The third-order valence-electron chi connectivity index (χ3n) is 1.72. The molecule has 0 unspecified atom stereocenters. The van der Waals surface area contributed by atoms with E-state index in [1.807, 2.05) is 0 Å². The molecule has 5 heteroatoms. The zero-order valence-corrected chi connectivity index (χ0v) is 6.73. The average molecular weight is 190 g/mol. The van der Waals surface area contributed by atoms with Crippen LogP contribution >= 0.6 is 0 Å². The Morgan fingerprint density at radius 1 is 1.15 bits per heavy atom. The maximum Gasteiger partial charge on any atom is 0.194 e. The summed E-state index contributed by atoms with van der Waals surface area (Å²) in [7, 11) is 0. The summed E-state index contributed by atoms with van der Waals surface area (Å²) in [5.74, 6) is -4.01. The van der Waals surface area contributed by atoms with Crippen LogP contribution in [0.25, 0.3) is 0 Å². The van der Waals surface area contributed by atoms with E-state index in [4.69, 9.17) is 11.5 Å². The van der Waals surface area contributed by atoms with E-state index in [1.54, 1.807) is 0 Å². The molecule has 1 aromatic carbocycles. The van der Waals surface area contributed by atoms with Crippen molar-refractivity contribution in [2.75, 3.05) is 6.54 Å². The lowest BCUT2D eigenvalue weighted by Crippen LogP contribution is -2.22. The maximum atomic E-state index is 12.9. The Labute approximate surface area is 73.3 Å². The first-order chi connectivity index (χ1) is 6.07. The molecule has 0 radical (unpaired) electrons. The van der Waals surface area contributed by atoms with E-state index in [0.29, 0.717) is 0 Å². The van der Waals surface area contributed by atoms with Gasteiger partial charge in [0.15, 0.2) is 17.5 Å². The molecule has 4 N–H and O–H groups in total.